The number of aromatic nitrogens is 1. The molecule has 0 aliphatic carbocycles. The van der Waals surface area contributed by atoms with Crippen LogP contribution in [0.25, 0.3) is 0 Å². The highest BCUT2D eigenvalue weighted by Gasteiger charge is 2.12. The van der Waals surface area contributed by atoms with Crippen molar-refractivity contribution >= 4 is 39.7 Å². The van der Waals surface area contributed by atoms with Gasteiger partial charge in [-0.05, 0) is 64.7 Å². The molecule has 1 heterocycles. The summed E-state index contributed by atoms with van der Waals surface area (Å²) in [4.78, 5) is 15.6. The molecule has 0 saturated heterocycles. The monoisotopic (exact) mass is 395 g/mol. The van der Waals surface area contributed by atoms with Crippen LogP contribution in [0.4, 0.5) is 0 Å². The predicted octanol–water partition coefficient (Wildman–Crippen LogP) is 3.64. The molecule has 0 spiro atoms. The zero-order chi connectivity index (χ0) is 16.8. The van der Waals surface area contributed by atoms with Gasteiger partial charge in [0.15, 0.2) is 6.61 Å². The Morgan fingerprint density at radius 3 is 2.83 bits per heavy atom. The summed E-state index contributed by atoms with van der Waals surface area (Å²) in [5.41, 5.74) is 5.01. The van der Waals surface area contributed by atoms with E-state index in [-0.39, 0.29) is 12.5 Å². The van der Waals surface area contributed by atoms with Gasteiger partial charge in [-0.3, -0.25) is 9.78 Å². The van der Waals surface area contributed by atoms with E-state index in [4.69, 9.17) is 16.3 Å². The Morgan fingerprint density at radius 1 is 1.43 bits per heavy atom. The van der Waals surface area contributed by atoms with E-state index in [1.54, 1.807) is 30.6 Å². The molecule has 1 N–H and O–H groups in total. The van der Waals surface area contributed by atoms with Gasteiger partial charge in [-0.15, -0.1) is 0 Å². The molecule has 120 valence electrons. The van der Waals surface area contributed by atoms with Crippen molar-refractivity contribution in [3.05, 3.63) is 56.8 Å². The number of hydrogen-bond donors (Lipinski definition) is 1. The Morgan fingerprint density at radius 2 is 2.13 bits per heavy atom. The number of pyridine rings is 1. The molecule has 0 saturated carbocycles. The zero-order valence-corrected chi connectivity index (χ0v) is 15.0. The Balaban J connectivity index is 1.91. The Labute approximate surface area is 147 Å². The van der Waals surface area contributed by atoms with Gasteiger partial charge in [0.1, 0.15) is 5.75 Å². The third-order valence-corrected chi connectivity index (χ3v) is 4.60. The largest absolute Gasteiger partial charge is 0.483 e. The fourth-order valence-corrected chi connectivity index (χ4v) is 2.50. The van der Waals surface area contributed by atoms with E-state index in [2.05, 4.69) is 31.4 Å². The summed E-state index contributed by atoms with van der Waals surface area (Å²) in [7, 11) is 0. The van der Waals surface area contributed by atoms with Crippen molar-refractivity contribution in [3.63, 3.8) is 0 Å². The van der Waals surface area contributed by atoms with E-state index in [0.29, 0.717) is 10.8 Å². The Bertz CT molecular complexity index is 736. The molecule has 1 aromatic heterocycles. The lowest BCUT2D eigenvalue weighted by molar-refractivity contribution is -0.123. The van der Waals surface area contributed by atoms with E-state index < -0.39 is 0 Å². The number of nitrogens with zero attached hydrogens (tertiary/aromatic N) is 2. The third kappa shape index (κ3) is 4.77. The lowest BCUT2D eigenvalue weighted by Gasteiger charge is -2.12. The minimum absolute atomic E-state index is 0.146. The molecule has 7 heteroatoms. The highest BCUT2D eigenvalue weighted by atomic mass is 79.9. The first kappa shape index (κ1) is 17.4. The predicted molar refractivity (Wildman–Crippen MR) is 94.1 cm³/mol. The van der Waals surface area contributed by atoms with E-state index >= 15 is 0 Å². The van der Waals surface area contributed by atoms with E-state index in [9.17, 15) is 4.79 Å². The van der Waals surface area contributed by atoms with Crippen LogP contribution in [0.1, 0.15) is 16.7 Å². The first-order chi connectivity index (χ1) is 11.0. The van der Waals surface area contributed by atoms with Crippen molar-refractivity contribution in [2.24, 2.45) is 5.10 Å². The SMILES string of the molecule is Cc1cc(OCC(=O)N/N=C/c2ccncc2)c(Br)c(C)c1Cl. The second-order valence-electron chi connectivity index (χ2n) is 4.81. The summed E-state index contributed by atoms with van der Waals surface area (Å²) in [6.45, 7) is 3.62. The van der Waals surface area contributed by atoms with Crippen molar-refractivity contribution in [3.8, 4) is 5.75 Å². The second kappa shape index (κ2) is 8.08. The summed E-state index contributed by atoms with van der Waals surface area (Å²) < 4.78 is 6.25. The number of amides is 1. The summed E-state index contributed by atoms with van der Waals surface area (Å²) >= 11 is 9.58. The molecule has 2 aromatic rings. The standard InChI is InChI=1S/C16H15BrClN3O2/c1-10-7-13(15(17)11(2)16(10)18)23-9-14(22)21-20-8-12-3-5-19-6-4-12/h3-8H,9H2,1-2H3,(H,21,22)/b20-8+. The molecule has 23 heavy (non-hydrogen) atoms. The highest BCUT2D eigenvalue weighted by molar-refractivity contribution is 9.10. The summed E-state index contributed by atoms with van der Waals surface area (Å²) in [6.07, 6.45) is 4.83. The zero-order valence-electron chi connectivity index (χ0n) is 12.6. The van der Waals surface area contributed by atoms with E-state index in [1.165, 1.54) is 6.21 Å². The van der Waals surface area contributed by atoms with Crippen LogP contribution in [0, 0.1) is 13.8 Å². The number of ether oxygens (including phenoxy) is 1. The average Bonchev–Trinajstić information content (AvgIpc) is 2.56. The van der Waals surface area contributed by atoms with Gasteiger partial charge >= 0.3 is 0 Å². The van der Waals surface area contributed by atoms with E-state index in [1.807, 2.05) is 13.8 Å². The Kier molecular flexibility index (Phi) is 6.12. The molecule has 0 atom stereocenters. The first-order valence-electron chi connectivity index (χ1n) is 6.79. The molecular weight excluding hydrogens is 382 g/mol. The van der Waals surface area contributed by atoms with Crippen molar-refractivity contribution in [1.82, 2.24) is 10.4 Å². The van der Waals surface area contributed by atoms with Gasteiger partial charge in [-0.1, -0.05) is 11.6 Å². The average molecular weight is 397 g/mol. The van der Waals surface area contributed by atoms with Crippen LogP contribution in [0.2, 0.25) is 5.02 Å². The normalized spacial score (nSPS) is 10.8. The lowest BCUT2D eigenvalue weighted by Crippen LogP contribution is -2.24. The number of nitrogens with one attached hydrogen (secondary N) is 1. The van der Waals surface area contributed by atoms with Crippen LogP contribution >= 0.6 is 27.5 Å². The maximum absolute atomic E-state index is 11.8. The smallest absolute Gasteiger partial charge is 0.277 e. The molecule has 5 nitrogen and oxygen atoms in total. The summed E-state index contributed by atoms with van der Waals surface area (Å²) in [5, 5.41) is 4.54. The molecule has 0 radical (unpaired) electrons. The quantitative estimate of drug-likeness (QED) is 0.620. The van der Waals surface area contributed by atoms with Crippen LogP contribution in [0.3, 0.4) is 0 Å². The van der Waals surface area contributed by atoms with Crippen molar-refractivity contribution < 1.29 is 9.53 Å². The minimum atomic E-state index is -0.354. The maximum Gasteiger partial charge on any atom is 0.277 e. The topological polar surface area (TPSA) is 63.6 Å². The molecule has 0 aliphatic heterocycles. The maximum atomic E-state index is 11.8. The van der Waals surface area contributed by atoms with Crippen molar-refractivity contribution in [1.29, 1.82) is 0 Å². The molecule has 1 aromatic carbocycles. The number of carbonyl (C=O) groups is 1. The molecule has 1 amide bonds. The fourth-order valence-electron chi connectivity index (χ4n) is 1.81. The number of aryl methyl sites for hydroxylation is 1. The number of hydrazone groups is 1. The van der Waals surface area contributed by atoms with Gasteiger partial charge in [0, 0.05) is 17.4 Å². The molecule has 0 aliphatic rings. The Hall–Kier alpha value is -1.92. The summed E-state index contributed by atoms with van der Waals surface area (Å²) in [6, 6.07) is 5.35. The minimum Gasteiger partial charge on any atom is -0.483 e. The van der Waals surface area contributed by atoms with Gasteiger partial charge in [0.05, 0.1) is 10.7 Å². The number of benzene rings is 1. The van der Waals surface area contributed by atoms with E-state index in [0.717, 1.165) is 21.2 Å². The molecule has 0 bridgehead atoms. The summed E-state index contributed by atoms with van der Waals surface area (Å²) in [5.74, 6) is 0.213. The van der Waals surface area contributed by atoms with Crippen molar-refractivity contribution in [2.45, 2.75) is 13.8 Å². The number of halogens is 2. The molecular formula is C16H15BrClN3O2. The number of rotatable bonds is 5. The molecule has 2 rings (SSSR count). The van der Waals surface area contributed by atoms with Gasteiger partial charge in [0.25, 0.3) is 5.91 Å². The third-order valence-electron chi connectivity index (χ3n) is 3.04. The van der Waals surface area contributed by atoms with Crippen LogP contribution < -0.4 is 10.2 Å². The molecule has 0 unspecified atom stereocenters. The fraction of sp³-hybridized carbons (Fsp3) is 0.188. The first-order valence-corrected chi connectivity index (χ1v) is 7.96. The van der Waals surface area contributed by atoms with Gasteiger partial charge in [-0.25, -0.2) is 5.43 Å². The highest BCUT2D eigenvalue weighted by Crippen LogP contribution is 2.35. The van der Waals surface area contributed by atoms with Gasteiger partial charge in [-0.2, -0.15) is 5.10 Å². The van der Waals surface area contributed by atoms with Crippen LogP contribution in [0.15, 0.2) is 40.2 Å². The number of carbonyl (C=O) groups excluding carboxylic acids is 1. The van der Waals surface area contributed by atoms with Gasteiger partial charge in [0.2, 0.25) is 0 Å². The number of hydrogen-bond acceptors (Lipinski definition) is 4. The van der Waals surface area contributed by atoms with Gasteiger partial charge < -0.3 is 4.74 Å². The second-order valence-corrected chi connectivity index (χ2v) is 5.98. The van der Waals surface area contributed by atoms with Crippen LogP contribution in [-0.2, 0) is 4.79 Å². The van der Waals surface area contributed by atoms with Crippen LogP contribution in [-0.4, -0.2) is 23.7 Å². The molecule has 0 fully saturated rings. The lowest BCUT2D eigenvalue weighted by atomic mass is 10.1. The van der Waals surface area contributed by atoms with Crippen molar-refractivity contribution in [2.75, 3.05) is 6.61 Å². The van der Waals surface area contributed by atoms with Crippen LogP contribution in [0.5, 0.6) is 5.75 Å².